The van der Waals surface area contributed by atoms with E-state index >= 15 is 0 Å². The molecule has 10 nitrogen and oxygen atoms in total. The third kappa shape index (κ3) is 3.46. The van der Waals surface area contributed by atoms with Crippen molar-refractivity contribution in [2.24, 2.45) is 0 Å². The summed E-state index contributed by atoms with van der Waals surface area (Å²) >= 11 is 0. The quantitative estimate of drug-likeness (QED) is 0.319. The highest BCUT2D eigenvalue weighted by Crippen LogP contribution is 2.30. The lowest BCUT2D eigenvalue weighted by molar-refractivity contribution is -0.880. The van der Waals surface area contributed by atoms with E-state index in [0.717, 1.165) is 22.9 Å². The molecule has 2 aliphatic rings. The van der Waals surface area contributed by atoms with Crippen molar-refractivity contribution in [2.75, 3.05) is 52.2 Å². The van der Waals surface area contributed by atoms with Crippen molar-refractivity contribution in [1.82, 2.24) is 9.80 Å². The molecule has 148 valence electrons. The predicted octanol–water partition coefficient (Wildman–Crippen LogP) is -0.637. The normalized spacial score (nSPS) is 18.8. The van der Waals surface area contributed by atoms with E-state index in [1.165, 1.54) is 31.1 Å². The van der Waals surface area contributed by atoms with Crippen molar-refractivity contribution >= 4 is 35.3 Å². The van der Waals surface area contributed by atoms with E-state index in [2.05, 4.69) is 7.05 Å². The van der Waals surface area contributed by atoms with Crippen LogP contribution in [0.1, 0.15) is 5.56 Å². The summed E-state index contributed by atoms with van der Waals surface area (Å²) in [6.45, 7) is 3.20. The standard InChI is InChI=1S/C18H21N5O5/c1-19-6-8-22(9-7-19)14-5-4-12(11-15(14)23(27)28)10-13-16(24)20(2)18(26)21(3)17(13)25/h4-5,10-11H,6-9H2,1-3H3/p+1. The number of rotatable bonds is 3. The Morgan fingerprint density at radius 3 is 2.18 bits per heavy atom. The number of nitrogens with zero attached hydrogens (tertiary/aromatic N) is 4. The zero-order chi connectivity index (χ0) is 20.6. The van der Waals surface area contributed by atoms with Gasteiger partial charge in [0.15, 0.2) is 0 Å². The largest absolute Gasteiger partial charge is 0.355 e. The molecule has 2 heterocycles. The third-order valence-corrected chi connectivity index (χ3v) is 5.11. The fraction of sp³-hybridized carbons (Fsp3) is 0.389. The fourth-order valence-electron chi connectivity index (χ4n) is 3.31. The number of carbonyl (C=O) groups excluding carboxylic acids is 3. The maximum absolute atomic E-state index is 12.3. The number of anilines is 1. The van der Waals surface area contributed by atoms with Gasteiger partial charge in [-0.1, -0.05) is 6.07 Å². The van der Waals surface area contributed by atoms with Crippen molar-refractivity contribution in [3.63, 3.8) is 0 Å². The molecule has 4 amide bonds. The van der Waals surface area contributed by atoms with Crippen LogP contribution in [0.2, 0.25) is 0 Å². The summed E-state index contributed by atoms with van der Waals surface area (Å²) in [5.74, 6) is -1.47. The summed E-state index contributed by atoms with van der Waals surface area (Å²) < 4.78 is 0. The number of nitrogens with one attached hydrogen (secondary N) is 1. The van der Waals surface area contributed by atoms with Gasteiger partial charge in [-0.3, -0.25) is 29.5 Å². The van der Waals surface area contributed by atoms with Crippen molar-refractivity contribution in [1.29, 1.82) is 0 Å². The third-order valence-electron chi connectivity index (χ3n) is 5.11. The molecule has 0 aliphatic carbocycles. The minimum absolute atomic E-state index is 0.0811. The van der Waals surface area contributed by atoms with E-state index < -0.39 is 22.8 Å². The van der Waals surface area contributed by atoms with Crippen LogP contribution < -0.4 is 9.80 Å². The van der Waals surface area contributed by atoms with Gasteiger partial charge in [0, 0.05) is 20.2 Å². The number of amides is 4. The Balaban J connectivity index is 1.97. The zero-order valence-corrected chi connectivity index (χ0v) is 16.0. The van der Waals surface area contributed by atoms with Gasteiger partial charge in [0.05, 0.1) is 38.2 Å². The van der Waals surface area contributed by atoms with Crippen LogP contribution in [0.3, 0.4) is 0 Å². The number of piperazine rings is 1. The molecule has 2 fully saturated rings. The minimum Gasteiger partial charge on any atom is -0.355 e. The van der Waals surface area contributed by atoms with Crippen LogP contribution in [0.15, 0.2) is 23.8 Å². The minimum atomic E-state index is -0.734. The first-order valence-electron chi connectivity index (χ1n) is 8.87. The number of benzene rings is 1. The maximum atomic E-state index is 12.3. The molecule has 1 aromatic carbocycles. The van der Waals surface area contributed by atoms with Crippen molar-refractivity contribution in [3.05, 3.63) is 39.4 Å². The Labute approximate surface area is 161 Å². The first kappa shape index (κ1) is 19.5. The van der Waals surface area contributed by atoms with E-state index in [-0.39, 0.29) is 11.3 Å². The second kappa shape index (κ2) is 7.39. The number of nitro groups is 1. The first-order chi connectivity index (χ1) is 13.2. The summed E-state index contributed by atoms with van der Waals surface area (Å²) in [4.78, 5) is 52.6. The number of hydrogen-bond donors (Lipinski definition) is 1. The van der Waals surface area contributed by atoms with Crippen LogP contribution in [0.5, 0.6) is 0 Å². The number of hydrogen-bond acceptors (Lipinski definition) is 6. The lowest BCUT2D eigenvalue weighted by Gasteiger charge is -2.31. The van der Waals surface area contributed by atoms with Gasteiger partial charge in [-0.25, -0.2) is 4.79 Å². The summed E-state index contributed by atoms with van der Waals surface area (Å²) in [5, 5.41) is 11.6. The van der Waals surface area contributed by atoms with Gasteiger partial charge in [-0.15, -0.1) is 0 Å². The highest BCUT2D eigenvalue weighted by Gasteiger charge is 2.38. The molecule has 0 atom stereocenters. The number of quaternary nitrogens is 1. The Morgan fingerprint density at radius 2 is 1.64 bits per heavy atom. The number of nitro benzene ring substituents is 1. The Kier molecular flexibility index (Phi) is 5.14. The molecule has 1 N–H and O–H groups in total. The van der Waals surface area contributed by atoms with E-state index in [4.69, 9.17) is 0 Å². The Morgan fingerprint density at radius 1 is 1.07 bits per heavy atom. The first-order valence-corrected chi connectivity index (χ1v) is 8.87. The molecule has 0 spiro atoms. The van der Waals surface area contributed by atoms with Crippen LogP contribution >= 0.6 is 0 Å². The van der Waals surface area contributed by atoms with E-state index in [9.17, 15) is 24.5 Å². The monoisotopic (exact) mass is 388 g/mol. The summed E-state index contributed by atoms with van der Waals surface area (Å²) in [6.07, 6.45) is 1.29. The predicted molar refractivity (Wildman–Crippen MR) is 101 cm³/mol. The zero-order valence-electron chi connectivity index (χ0n) is 16.0. The summed E-state index contributed by atoms with van der Waals surface area (Å²) in [7, 11) is 4.64. The molecule has 0 radical (unpaired) electrons. The lowest BCUT2D eigenvalue weighted by Crippen LogP contribution is -3.12. The van der Waals surface area contributed by atoms with Crippen LogP contribution in [0.25, 0.3) is 6.08 Å². The fourth-order valence-corrected chi connectivity index (χ4v) is 3.31. The SMILES string of the molecule is CN1C(=O)C(=Cc2ccc(N3CC[NH+](C)CC3)c([N+](=O)[O-])c2)C(=O)N(C)C1=O. The number of likely N-dealkylation sites (N-methyl/N-ethyl adjacent to an activating group) is 3. The number of urea groups is 1. The average Bonchev–Trinajstić information content (AvgIpc) is 2.68. The van der Waals surface area contributed by atoms with E-state index in [1.54, 1.807) is 12.1 Å². The summed E-state index contributed by atoms with van der Waals surface area (Å²) in [5.41, 5.74) is 0.575. The summed E-state index contributed by atoms with van der Waals surface area (Å²) in [6, 6.07) is 3.91. The van der Waals surface area contributed by atoms with Gasteiger partial charge >= 0.3 is 6.03 Å². The number of carbonyl (C=O) groups is 3. The van der Waals surface area contributed by atoms with Gasteiger partial charge in [0.1, 0.15) is 11.3 Å². The molecule has 0 bridgehead atoms. The van der Waals surface area contributed by atoms with E-state index in [0.29, 0.717) is 24.3 Å². The van der Waals surface area contributed by atoms with Gasteiger partial charge in [-0.05, 0) is 17.7 Å². The molecule has 1 aromatic rings. The molecule has 3 rings (SSSR count). The lowest BCUT2D eigenvalue weighted by atomic mass is 10.1. The van der Waals surface area contributed by atoms with Gasteiger partial charge < -0.3 is 9.80 Å². The molecule has 2 aliphatic heterocycles. The smallest absolute Gasteiger partial charge is 0.333 e. The van der Waals surface area contributed by atoms with Crippen LogP contribution in [0.4, 0.5) is 16.2 Å². The second-order valence-corrected chi connectivity index (χ2v) is 7.02. The molecule has 28 heavy (non-hydrogen) atoms. The second-order valence-electron chi connectivity index (χ2n) is 7.02. The maximum Gasteiger partial charge on any atom is 0.333 e. The van der Waals surface area contributed by atoms with Crippen LogP contribution in [-0.2, 0) is 9.59 Å². The number of imide groups is 2. The number of barbiturate groups is 1. The van der Waals surface area contributed by atoms with E-state index in [1.807, 2.05) is 4.90 Å². The van der Waals surface area contributed by atoms with Gasteiger partial charge in [0.25, 0.3) is 17.5 Å². The van der Waals surface area contributed by atoms with Crippen molar-refractivity contribution < 1.29 is 24.2 Å². The van der Waals surface area contributed by atoms with Gasteiger partial charge in [0.2, 0.25) is 0 Å². The highest BCUT2D eigenvalue weighted by atomic mass is 16.6. The molecule has 0 saturated carbocycles. The average molecular weight is 388 g/mol. The van der Waals surface area contributed by atoms with Crippen LogP contribution in [0, 0.1) is 10.1 Å². The Bertz CT molecular complexity index is 862. The molecular weight excluding hydrogens is 366 g/mol. The van der Waals surface area contributed by atoms with Crippen molar-refractivity contribution in [2.45, 2.75) is 0 Å². The highest BCUT2D eigenvalue weighted by molar-refractivity contribution is 6.30. The van der Waals surface area contributed by atoms with Gasteiger partial charge in [-0.2, -0.15) is 0 Å². The Hall–Kier alpha value is -3.27. The molecule has 2 saturated heterocycles. The molecule has 0 aromatic heterocycles. The van der Waals surface area contributed by atoms with Crippen molar-refractivity contribution in [3.8, 4) is 0 Å². The molecular formula is C18H22N5O5+. The molecule has 0 unspecified atom stereocenters. The molecule has 10 heteroatoms. The topological polar surface area (TPSA) is 109 Å². The van der Waals surface area contributed by atoms with Crippen LogP contribution in [-0.4, -0.2) is 79.9 Å².